The van der Waals surface area contributed by atoms with Crippen molar-refractivity contribution in [1.29, 1.82) is 0 Å². The third-order valence-corrected chi connectivity index (χ3v) is 2.83. The summed E-state index contributed by atoms with van der Waals surface area (Å²) in [6.07, 6.45) is 0.226. The molecule has 1 radical (unpaired) electrons. The topological polar surface area (TPSA) is 73.9 Å². The number of methoxy groups -OCH3 is 2. The lowest BCUT2D eigenvalue weighted by molar-refractivity contribution is -0.153. The minimum absolute atomic E-state index is 0.170. The highest BCUT2D eigenvalue weighted by molar-refractivity contribution is 6.64. The number of nitrogens with one attached hydrogen (secondary N) is 1. The molecule has 0 spiro atoms. The summed E-state index contributed by atoms with van der Waals surface area (Å²) in [6.45, 7) is 0.170. The van der Waals surface area contributed by atoms with Crippen LogP contribution in [0.15, 0.2) is 30.3 Å². The second-order valence-electron chi connectivity index (χ2n) is 4.25. The zero-order valence-corrected chi connectivity index (χ0v) is 12.2. The molecule has 0 fully saturated rings. The summed E-state index contributed by atoms with van der Waals surface area (Å²) in [6, 6.07) is 8.62. The van der Waals surface area contributed by atoms with Gasteiger partial charge in [0.1, 0.15) is 12.6 Å². The van der Waals surface area contributed by atoms with Crippen LogP contribution >= 0.6 is 0 Å². The molecule has 1 atom stereocenters. The number of hydrogen-bond acceptors (Lipinski definition) is 6. The summed E-state index contributed by atoms with van der Waals surface area (Å²) in [5.41, 5.74) is 0.888. The maximum absolute atomic E-state index is 12.1. The second-order valence-corrected chi connectivity index (χ2v) is 4.25. The normalized spacial score (nSPS) is 12.0. The van der Waals surface area contributed by atoms with Gasteiger partial charge in [-0.15, -0.1) is 0 Å². The first-order chi connectivity index (χ1) is 10.2. The molecule has 0 amide bonds. The van der Waals surface area contributed by atoms with Gasteiger partial charge in [-0.25, -0.2) is 0 Å². The first-order valence-electron chi connectivity index (χ1n) is 6.50. The van der Waals surface area contributed by atoms with Gasteiger partial charge >= 0.3 is 5.97 Å². The molecule has 6 nitrogen and oxygen atoms in total. The number of benzene rings is 1. The number of hydrogen-bond donors (Lipinski definition) is 1. The van der Waals surface area contributed by atoms with Crippen LogP contribution in [0, 0.1) is 0 Å². The third-order valence-electron chi connectivity index (χ3n) is 2.83. The zero-order chi connectivity index (χ0) is 15.5. The molecule has 1 aromatic carbocycles. The molecule has 113 valence electrons. The van der Waals surface area contributed by atoms with Gasteiger partial charge in [0.25, 0.3) is 7.41 Å². The molecule has 0 saturated heterocycles. The van der Waals surface area contributed by atoms with Gasteiger partial charge < -0.3 is 24.2 Å². The Morgan fingerprint density at radius 1 is 1.29 bits per heavy atom. The van der Waals surface area contributed by atoms with E-state index in [2.05, 4.69) is 5.23 Å². The van der Waals surface area contributed by atoms with Gasteiger partial charge in [-0.05, 0) is 5.56 Å². The summed E-state index contributed by atoms with van der Waals surface area (Å²) in [5.74, 6) is -0.476. The molecule has 0 aromatic heterocycles. The molecule has 0 saturated carbocycles. The Bertz CT molecular complexity index is 425. The van der Waals surface area contributed by atoms with Gasteiger partial charge in [0, 0.05) is 20.6 Å². The predicted molar refractivity (Wildman–Crippen MR) is 78.1 cm³/mol. The fourth-order valence-corrected chi connectivity index (χ4v) is 1.70. The Balaban J connectivity index is 2.55. The first-order valence-corrected chi connectivity index (χ1v) is 6.50. The van der Waals surface area contributed by atoms with Crippen molar-refractivity contribution in [3.8, 4) is 0 Å². The molecule has 21 heavy (non-hydrogen) atoms. The second kappa shape index (κ2) is 10.1. The van der Waals surface area contributed by atoms with E-state index in [1.165, 1.54) is 14.2 Å². The number of ether oxygens (including phenoxy) is 3. The minimum atomic E-state index is -0.719. The third kappa shape index (κ3) is 6.53. The van der Waals surface area contributed by atoms with Crippen LogP contribution in [0.1, 0.15) is 12.0 Å². The number of carbonyl (C=O) groups excluding carboxylic acids is 2. The largest absolute Gasteiger partial charge is 0.460 e. The van der Waals surface area contributed by atoms with Crippen LogP contribution in [-0.2, 0) is 30.4 Å². The van der Waals surface area contributed by atoms with Crippen LogP contribution in [0.4, 0.5) is 0 Å². The van der Waals surface area contributed by atoms with Crippen molar-refractivity contribution in [3.63, 3.8) is 0 Å². The summed E-state index contributed by atoms with van der Waals surface area (Å²) in [4.78, 5) is 22.5. The van der Waals surface area contributed by atoms with Gasteiger partial charge in [0.05, 0.1) is 6.19 Å². The van der Waals surface area contributed by atoms with Gasteiger partial charge in [0.15, 0.2) is 6.29 Å². The molecule has 0 heterocycles. The highest BCUT2D eigenvalue weighted by atomic mass is 16.7. The van der Waals surface area contributed by atoms with E-state index in [0.29, 0.717) is 6.19 Å². The van der Waals surface area contributed by atoms with E-state index in [0.717, 1.165) is 13.0 Å². The average molecular weight is 292 g/mol. The SMILES string of the molecule is COC(C[C@H](N[B]C=O)C(=O)OCc1ccccc1)OC. The lowest BCUT2D eigenvalue weighted by Crippen LogP contribution is -2.43. The summed E-state index contributed by atoms with van der Waals surface area (Å²) in [5, 5.41) is 2.68. The van der Waals surface area contributed by atoms with E-state index in [1.54, 1.807) is 0 Å². The van der Waals surface area contributed by atoms with Crippen molar-refractivity contribution in [2.24, 2.45) is 0 Å². The van der Waals surface area contributed by atoms with Crippen LogP contribution < -0.4 is 5.23 Å². The molecule has 0 aliphatic rings. The molecule has 7 heteroatoms. The molecule has 1 rings (SSSR count). The van der Waals surface area contributed by atoms with Crippen LogP contribution in [0.2, 0.25) is 0 Å². The quantitative estimate of drug-likeness (QED) is 0.293. The Labute approximate surface area is 125 Å². The van der Waals surface area contributed by atoms with Crippen molar-refractivity contribution >= 4 is 19.6 Å². The Morgan fingerprint density at radius 2 is 1.95 bits per heavy atom. The molecule has 0 unspecified atom stereocenters. The lowest BCUT2D eigenvalue weighted by atomic mass is 9.95. The van der Waals surface area contributed by atoms with Crippen LogP contribution in [0.3, 0.4) is 0 Å². The maximum atomic E-state index is 12.1. The van der Waals surface area contributed by atoms with Crippen LogP contribution in [-0.4, -0.2) is 46.1 Å². The highest BCUT2D eigenvalue weighted by Gasteiger charge is 2.24. The van der Waals surface area contributed by atoms with Crippen molar-refractivity contribution in [3.05, 3.63) is 35.9 Å². The fraction of sp³-hybridized carbons (Fsp3) is 0.429. The minimum Gasteiger partial charge on any atom is -0.460 e. The van der Waals surface area contributed by atoms with Crippen LogP contribution in [0.5, 0.6) is 0 Å². The van der Waals surface area contributed by atoms with Gasteiger partial charge in [-0.1, -0.05) is 30.3 Å². The number of carbonyl (C=O) groups is 2. The molecular weight excluding hydrogens is 273 g/mol. The van der Waals surface area contributed by atoms with E-state index in [9.17, 15) is 9.59 Å². The molecule has 0 bridgehead atoms. The summed E-state index contributed by atoms with van der Waals surface area (Å²) in [7, 11) is 4.10. The standard InChI is InChI=1S/C14H19BNO5/c1-19-13(20-2)8-12(16-15-10-17)14(18)21-9-11-6-4-3-5-7-11/h3-7,10,12-13,16H,8-9H2,1-2H3/t12-/m0/s1. The van der Waals surface area contributed by atoms with Crippen molar-refractivity contribution in [2.45, 2.75) is 25.4 Å². The highest BCUT2D eigenvalue weighted by Crippen LogP contribution is 2.07. The Morgan fingerprint density at radius 3 is 2.52 bits per heavy atom. The van der Waals surface area contributed by atoms with E-state index in [4.69, 9.17) is 14.2 Å². The van der Waals surface area contributed by atoms with E-state index < -0.39 is 18.3 Å². The summed E-state index contributed by atoms with van der Waals surface area (Å²) < 4.78 is 15.3. The number of esters is 1. The molecular formula is C14H19BNO5. The first kappa shape index (κ1) is 17.4. The van der Waals surface area contributed by atoms with Crippen LogP contribution in [0.25, 0.3) is 0 Å². The Hall–Kier alpha value is -1.70. The van der Waals surface area contributed by atoms with E-state index in [-0.39, 0.29) is 13.0 Å². The fourth-order valence-electron chi connectivity index (χ4n) is 1.70. The van der Waals surface area contributed by atoms with Crippen molar-refractivity contribution in [2.75, 3.05) is 14.2 Å². The predicted octanol–water partition coefficient (Wildman–Crippen LogP) is 0.506. The molecule has 0 aliphatic carbocycles. The number of rotatable bonds is 10. The molecule has 1 N–H and O–H groups in total. The van der Waals surface area contributed by atoms with Gasteiger partial charge in [-0.2, -0.15) is 0 Å². The van der Waals surface area contributed by atoms with E-state index in [1.807, 2.05) is 30.3 Å². The lowest BCUT2D eigenvalue weighted by Gasteiger charge is -2.21. The smallest absolute Gasteiger partial charge is 0.322 e. The van der Waals surface area contributed by atoms with Gasteiger partial charge in [-0.3, -0.25) is 4.79 Å². The van der Waals surface area contributed by atoms with Crippen molar-refractivity contribution in [1.82, 2.24) is 5.23 Å². The average Bonchev–Trinajstić information content (AvgIpc) is 2.54. The van der Waals surface area contributed by atoms with Crippen molar-refractivity contribution < 1.29 is 23.8 Å². The summed E-state index contributed by atoms with van der Waals surface area (Å²) >= 11 is 0. The maximum Gasteiger partial charge on any atom is 0.322 e. The monoisotopic (exact) mass is 292 g/mol. The molecule has 0 aliphatic heterocycles. The molecule has 1 aromatic rings. The zero-order valence-electron chi connectivity index (χ0n) is 12.2. The van der Waals surface area contributed by atoms with Gasteiger partial charge in [0.2, 0.25) is 0 Å². The Kier molecular flexibility index (Phi) is 8.34. The van der Waals surface area contributed by atoms with E-state index >= 15 is 0 Å².